The monoisotopic (exact) mass is 357 g/mol. The lowest BCUT2D eigenvalue weighted by atomic mass is 9.94. The van der Waals surface area contributed by atoms with Crippen LogP contribution < -0.4 is 0 Å². The van der Waals surface area contributed by atoms with Crippen LogP contribution in [-0.4, -0.2) is 30.5 Å². The zero-order valence-corrected chi connectivity index (χ0v) is 12.5. The van der Waals surface area contributed by atoms with E-state index in [9.17, 15) is 4.79 Å². The van der Waals surface area contributed by atoms with Crippen molar-refractivity contribution in [3.8, 4) is 0 Å². The second-order valence-electron chi connectivity index (χ2n) is 4.39. The molecule has 4 heteroatoms. The summed E-state index contributed by atoms with van der Waals surface area (Å²) in [4.78, 5) is 13.3. The van der Waals surface area contributed by atoms with E-state index in [0.29, 0.717) is 13.2 Å². The Labute approximate surface area is 122 Å². The van der Waals surface area contributed by atoms with Gasteiger partial charge in [0.25, 0.3) is 0 Å². The number of halogens is 1. The van der Waals surface area contributed by atoms with Gasteiger partial charge in [0, 0.05) is 20.0 Å². The van der Waals surface area contributed by atoms with Gasteiger partial charge in [0.15, 0.2) is 0 Å². The molecule has 0 N–H and O–H groups in total. The molecule has 0 spiro atoms. The first-order valence-corrected chi connectivity index (χ1v) is 6.86. The number of carbonyl (C=O) groups excluding carboxylic acids is 1. The van der Waals surface area contributed by atoms with Crippen LogP contribution in [0.3, 0.4) is 0 Å². The Balaban J connectivity index is 2.30. The van der Waals surface area contributed by atoms with Crippen molar-refractivity contribution in [2.75, 3.05) is 19.7 Å². The molecule has 0 unspecified atom stereocenters. The first kappa shape index (κ1) is 13.5. The largest absolute Gasteiger partial charge is 0.339 e. The molecule has 1 aliphatic rings. The van der Waals surface area contributed by atoms with Crippen molar-refractivity contribution in [2.45, 2.75) is 13.3 Å². The van der Waals surface area contributed by atoms with Gasteiger partial charge in [-0.15, -0.1) is 0 Å². The first-order valence-electron chi connectivity index (χ1n) is 5.97. The highest BCUT2D eigenvalue weighted by molar-refractivity contribution is 14.1. The minimum atomic E-state index is 0.132. The van der Waals surface area contributed by atoms with E-state index in [4.69, 9.17) is 3.07 Å². The molecule has 0 aliphatic carbocycles. The van der Waals surface area contributed by atoms with Crippen LogP contribution in [0.25, 0.3) is 5.57 Å². The van der Waals surface area contributed by atoms with E-state index < -0.39 is 0 Å². The summed E-state index contributed by atoms with van der Waals surface area (Å²) in [5.41, 5.74) is 3.77. The van der Waals surface area contributed by atoms with E-state index in [-0.39, 0.29) is 5.91 Å². The minimum Gasteiger partial charge on any atom is -0.339 e. The molecule has 18 heavy (non-hydrogen) atoms. The van der Waals surface area contributed by atoms with Crippen LogP contribution in [0.1, 0.15) is 18.9 Å². The van der Waals surface area contributed by atoms with Crippen LogP contribution in [0.2, 0.25) is 0 Å². The van der Waals surface area contributed by atoms with Crippen molar-refractivity contribution in [3.05, 3.63) is 41.5 Å². The van der Waals surface area contributed by atoms with Gasteiger partial charge in [0.1, 0.15) is 23.0 Å². The Morgan fingerprint density at radius 3 is 2.72 bits per heavy atom. The number of hydrogen-bond donors (Lipinski definition) is 0. The molecule has 1 aromatic rings. The standard InChI is InChI=1S/C14H16INO2/c1-11(17)16-8-7-14(13(9-16)10-18-15)12-5-3-2-4-6-12/h2-6H,7-10H2,1H3. The molecular formula is C14H16INO2. The van der Waals surface area contributed by atoms with Crippen LogP contribution in [-0.2, 0) is 7.86 Å². The van der Waals surface area contributed by atoms with Crippen molar-refractivity contribution < 1.29 is 7.86 Å². The molecule has 1 aliphatic heterocycles. The highest BCUT2D eigenvalue weighted by Gasteiger charge is 2.21. The summed E-state index contributed by atoms with van der Waals surface area (Å²) < 4.78 is 5.24. The van der Waals surface area contributed by atoms with Gasteiger partial charge in [-0.3, -0.25) is 4.79 Å². The minimum absolute atomic E-state index is 0.132. The van der Waals surface area contributed by atoms with Gasteiger partial charge in [-0.05, 0) is 23.1 Å². The molecule has 0 aromatic heterocycles. The summed E-state index contributed by atoms with van der Waals surface area (Å²) in [5.74, 6) is 0.132. The van der Waals surface area contributed by atoms with E-state index in [1.165, 1.54) is 16.7 Å². The van der Waals surface area contributed by atoms with Crippen molar-refractivity contribution in [3.63, 3.8) is 0 Å². The highest BCUT2D eigenvalue weighted by atomic mass is 127. The normalized spacial score (nSPS) is 16.0. The molecular weight excluding hydrogens is 341 g/mol. The molecule has 0 saturated heterocycles. The topological polar surface area (TPSA) is 29.5 Å². The third-order valence-corrected chi connectivity index (χ3v) is 3.55. The van der Waals surface area contributed by atoms with Crippen LogP contribution in [0.4, 0.5) is 0 Å². The number of amides is 1. The second-order valence-corrected chi connectivity index (χ2v) is 5.01. The van der Waals surface area contributed by atoms with Gasteiger partial charge >= 0.3 is 0 Å². The molecule has 1 amide bonds. The van der Waals surface area contributed by atoms with Crippen LogP contribution in [0, 0.1) is 0 Å². The predicted molar refractivity (Wildman–Crippen MR) is 80.2 cm³/mol. The van der Waals surface area contributed by atoms with Crippen molar-refractivity contribution in [2.24, 2.45) is 0 Å². The molecule has 0 bridgehead atoms. The lowest BCUT2D eigenvalue weighted by Gasteiger charge is -2.30. The molecule has 0 saturated carbocycles. The fraction of sp³-hybridized carbons (Fsp3) is 0.357. The summed E-state index contributed by atoms with van der Waals surface area (Å²) in [6.45, 7) is 3.68. The second kappa shape index (κ2) is 6.33. The average molecular weight is 357 g/mol. The van der Waals surface area contributed by atoms with Crippen molar-refractivity contribution in [1.82, 2.24) is 4.90 Å². The summed E-state index contributed by atoms with van der Waals surface area (Å²) in [6, 6.07) is 10.3. The lowest BCUT2D eigenvalue weighted by molar-refractivity contribution is -0.128. The number of hydrogen-bond acceptors (Lipinski definition) is 2. The van der Waals surface area contributed by atoms with Crippen molar-refractivity contribution in [1.29, 1.82) is 0 Å². The number of rotatable bonds is 3. The summed E-state index contributed by atoms with van der Waals surface area (Å²) in [6.07, 6.45) is 0.902. The van der Waals surface area contributed by atoms with Crippen molar-refractivity contribution >= 4 is 34.5 Å². The molecule has 0 radical (unpaired) electrons. The van der Waals surface area contributed by atoms with Gasteiger partial charge in [-0.25, -0.2) is 0 Å². The maximum atomic E-state index is 11.5. The Morgan fingerprint density at radius 2 is 2.11 bits per heavy atom. The van der Waals surface area contributed by atoms with Gasteiger partial charge in [0.05, 0.1) is 6.61 Å². The molecule has 3 nitrogen and oxygen atoms in total. The van der Waals surface area contributed by atoms with E-state index in [2.05, 4.69) is 12.1 Å². The van der Waals surface area contributed by atoms with Crippen LogP contribution in [0.15, 0.2) is 35.9 Å². The Hall–Kier alpha value is -0.880. The first-order chi connectivity index (χ1) is 8.72. The summed E-state index contributed by atoms with van der Waals surface area (Å²) >= 11 is 1.91. The van der Waals surface area contributed by atoms with E-state index >= 15 is 0 Å². The van der Waals surface area contributed by atoms with Gasteiger partial charge in [-0.1, -0.05) is 30.3 Å². The van der Waals surface area contributed by atoms with Crippen LogP contribution >= 0.6 is 23.0 Å². The maximum absolute atomic E-state index is 11.5. The summed E-state index contributed by atoms with van der Waals surface area (Å²) in [5, 5.41) is 0. The molecule has 1 heterocycles. The Kier molecular flexibility index (Phi) is 4.77. The number of benzene rings is 1. The molecule has 0 atom stereocenters. The van der Waals surface area contributed by atoms with Gasteiger partial charge in [0.2, 0.25) is 5.91 Å². The SMILES string of the molecule is CC(=O)N1CCC(c2ccccc2)=C(COI)C1. The average Bonchev–Trinajstić information content (AvgIpc) is 2.40. The molecule has 2 rings (SSSR count). The fourth-order valence-electron chi connectivity index (χ4n) is 2.28. The molecule has 96 valence electrons. The fourth-order valence-corrected chi connectivity index (χ4v) is 2.66. The van der Waals surface area contributed by atoms with E-state index in [1.807, 2.05) is 46.1 Å². The number of nitrogens with zero attached hydrogens (tertiary/aromatic N) is 1. The summed E-state index contributed by atoms with van der Waals surface area (Å²) in [7, 11) is 0. The highest BCUT2D eigenvalue weighted by Crippen LogP contribution is 2.27. The lowest BCUT2D eigenvalue weighted by Crippen LogP contribution is -2.36. The third-order valence-electron chi connectivity index (χ3n) is 3.24. The van der Waals surface area contributed by atoms with E-state index in [1.54, 1.807) is 6.92 Å². The Bertz CT molecular complexity index is 456. The zero-order chi connectivity index (χ0) is 13.0. The predicted octanol–water partition coefficient (Wildman–Crippen LogP) is 3.06. The zero-order valence-electron chi connectivity index (χ0n) is 10.4. The number of carbonyl (C=O) groups is 1. The van der Waals surface area contributed by atoms with Gasteiger partial charge < -0.3 is 7.97 Å². The van der Waals surface area contributed by atoms with Crippen LogP contribution in [0.5, 0.6) is 0 Å². The maximum Gasteiger partial charge on any atom is 0.219 e. The van der Waals surface area contributed by atoms with Gasteiger partial charge in [-0.2, -0.15) is 0 Å². The van der Waals surface area contributed by atoms with E-state index in [0.717, 1.165) is 13.0 Å². The molecule has 0 fully saturated rings. The Morgan fingerprint density at radius 1 is 1.39 bits per heavy atom. The molecule has 1 aromatic carbocycles. The quantitative estimate of drug-likeness (QED) is 0.779. The smallest absolute Gasteiger partial charge is 0.219 e. The third kappa shape index (κ3) is 3.11.